The van der Waals surface area contributed by atoms with Crippen molar-refractivity contribution in [3.05, 3.63) is 40.3 Å². The van der Waals surface area contributed by atoms with Crippen LogP contribution < -0.4 is 21.3 Å². The summed E-state index contributed by atoms with van der Waals surface area (Å²) in [5.41, 5.74) is 7.10. The number of benzene rings is 1. The Hall–Kier alpha value is -2.03. The zero-order valence-corrected chi connectivity index (χ0v) is 9.63. The Labute approximate surface area is 95.1 Å². The molecule has 0 saturated carbocycles. The summed E-state index contributed by atoms with van der Waals surface area (Å²) >= 11 is 0. The summed E-state index contributed by atoms with van der Waals surface area (Å²) in [7, 11) is 0. The molecule has 0 bridgehead atoms. The van der Waals surface area contributed by atoms with Crippen LogP contribution in [-0.4, -0.2) is 5.91 Å². The van der Waals surface area contributed by atoms with Crippen LogP contribution in [0.1, 0.15) is 13.8 Å². The maximum absolute atomic E-state index is 11.3. The number of carbonyl (C=O) groups excluding carboxylic acids is 1. The number of anilines is 1. The fourth-order valence-corrected chi connectivity index (χ4v) is 1.14. The summed E-state index contributed by atoms with van der Waals surface area (Å²) in [5.74, 6) is -0.177. The normalized spacial score (nSPS) is 9.38. The van der Waals surface area contributed by atoms with Crippen molar-refractivity contribution in [3.8, 4) is 0 Å². The number of hydrogen-bond acceptors (Lipinski definition) is 2. The van der Waals surface area contributed by atoms with Crippen molar-refractivity contribution in [2.45, 2.75) is 13.8 Å². The number of allylic oxidation sites excluding steroid dienone is 1. The molecule has 84 valence electrons. The highest BCUT2D eigenvalue weighted by Crippen LogP contribution is 1.97. The highest BCUT2D eigenvalue weighted by Gasteiger charge is 1.95. The second-order valence-corrected chi connectivity index (χ2v) is 3.82. The van der Waals surface area contributed by atoms with Crippen LogP contribution >= 0.6 is 0 Å². The molecule has 0 radical (unpaired) electrons. The first kappa shape index (κ1) is 12.0. The summed E-state index contributed by atoms with van der Waals surface area (Å²) in [6.07, 6.45) is 1.52. The number of carbonyl (C=O) groups is 1. The van der Waals surface area contributed by atoms with Crippen molar-refractivity contribution in [3.63, 3.8) is 0 Å². The maximum Gasteiger partial charge on any atom is 0.262 e. The minimum Gasteiger partial charge on any atom is -0.298 e. The Morgan fingerprint density at radius 1 is 1.25 bits per heavy atom. The topological polar surface area (TPSA) is 41.1 Å². The first-order valence-electron chi connectivity index (χ1n) is 4.98. The number of hydrazine groups is 1. The average Bonchev–Trinajstić information content (AvgIpc) is 2.19. The van der Waals surface area contributed by atoms with E-state index in [4.69, 9.17) is 0 Å². The van der Waals surface area contributed by atoms with Gasteiger partial charge in [-0.15, -0.1) is 0 Å². The minimum absolute atomic E-state index is 0.177. The molecule has 0 atom stereocenters. The van der Waals surface area contributed by atoms with E-state index in [-0.39, 0.29) is 5.91 Å². The van der Waals surface area contributed by atoms with E-state index in [2.05, 4.69) is 24.0 Å². The van der Waals surface area contributed by atoms with Crippen molar-refractivity contribution in [1.82, 2.24) is 5.43 Å². The number of rotatable bonds is 3. The molecule has 1 aromatic rings. The van der Waals surface area contributed by atoms with Crippen molar-refractivity contribution in [2.75, 3.05) is 5.43 Å². The molecule has 1 rings (SSSR count). The van der Waals surface area contributed by atoms with Gasteiger partial charge >= 0.3 is 0 Å². The van der Waals surface area contributed by atoms with Crippen LogP contribution in [0.15, 0.2) is 29.8 Å². The monoisotopic (exact) mass is 216 g/mol. The van der Waals surface area contributed by atoms with Gasteiger partial charge in [-0.1, -0.05) is 24.8 Å². The number of nitrogens with one attached hydrogen (secondary N) is 2. The SMILES string of the molecule is C=c1ccc(NNC(=O)C=C(C)C)cc1=C. The largest absolute Gasteiger partial charge is 0.298 e. The molecule has 1 aromatic carbocycles. The third-order valence-corrected chi connectivity index (χ3v) is 1.96. The molecule has 0 aliphatic rings. The molecule has 0 aliphatic heterocycles. The Morgan fingerprint density at radius 2 is 1.94 bits per heavy atom. The van der Waals surface area contributed by atoms with Gasteiger partial charge in [0.15, 0.2) is 0 Å². The fraction of sp³-hybridized carbons (Fsp3) is 0.154. The van der Waals surface area contributed by atoms with Crippen molar-refractivity contribution < 1.29 is 4.79 Å². The van der Waals surface area contributed by atoms with E-state index < -0.39 is 0 Å². The highest BCUT2D eigenvalue weighted by molar-refractivity contribution is 5.88. The van der Waals surface area contributed by atoms with Gasteiger partial charge in [-0.2, -0.15) is 0 Å². The molecule has 16 heavy (non-hydrogen) atoms. The molecular formula is C13H16N2O. The molecular weight excluding hydrogens is 200 g/mol. The predicted octanol–water partition coefficient (Wildman–Crippen LogP) is 0.916. The van der Waals surface area contributed by atoms with Gasteiger partial charge in [-0.05, 0) is 36.4 Å². The van der Waals surface area contributed by atoms with E-state index in [1.165, 1.54) is 6.08 Å². The standard InChI is InChI=1S/C13H16N2O/c1-9(2)7-13(16)15-14-12-6-5-10(3)11(4)8-12/h5-8,14H,3-4H2,1-2H3,(H,15,16). The molecule has 1 amide bonds. The molecule has 3 nitrogen and oxygen atoms in total. The van der Waals surface area contributed by atoms with Gasteiger partial charge in [0, 0.05) is 6.08 Å². The van der Waals surface area contributed by atoms with Crippen molar-refractivity contribution in [2.24, 2.45) is 0 Å². The van der Waals surface area contributed by atoms with Crippen molar-refractivity contribution >= 4 is 24.8 Å². The molecule has 0 heterocycles. The summed E-state index contributed by atoms with van der Waals surface area (Å²) in [6, 6.07) is 5.50. The Morgan fingerprint density at radius 3 is 2.50 bits per heavy atom. The van der Waals surface area contributed by atoms with Crippen molar-refractivity contribution in [1.29, 1.82) is 0 Å². The lowest BCUT2D eigenvalue weighted by Crippen LogP contribution is -2.29. The van der Waals surface area contributed by atoms with E-state index in [1.54, 1.807) is 0 Å². The summed E-state index contributed by atoms with van der Waals surface area (Å²) in [5, 5.41) is 1.71. The molecule has 0 spiro atoms. The van der Waals surface area contributed by atoms with Crippen LogP contribution in [0.5, 0.6) is 0 Å². The second-order valence-electron chi connectivity index (χ2n) is 3.82. The van der Waals surface area contributed by atoms with Gasteiger partial charge in [-0.3, -0.25) is 15.6 Å². The summed E-state index contributed by atoms with van der Waals surface area (Å²) in [6.45, 7) is 11.4. The lowest BCUT2D eigenvalue weighted by molar-refractivity contribution is -0.116. The number of amides is 1. The van der Waals surface area contributed by atoms with Gasteiger partial charge in [-0.25, -0.2) is 0 Å². The second kappa shape index (κ2) is 5.16. The van der Waals surface area contributed by atoms with Crippen LogP contribution in [-0.2, 0) is 4.79 Å². The smallest absolute Gasteiger partial charge is 0.262 e. The zero-order valence-electron chi connectivity index (χ0n) is 9.63. The van der Waals surface area contributed by atoms with Crippen LogP contribution in [0, 0.1) is 0 Å². The van der Waals surface area contributed by atoms with Gasteiger partial charge < -0.3 is 0 Å². The Bertz CT molecular complexity index is 513. The Balaban J connectivity index is 2.65. The van der Waals surface area contributed by atoms with E-state index in [0.29, 0.717) is 0 Å². The molecule has 0 saturated heterocycles. The molecule has 0 aliphatic carbocycles. The van der Waals surface area contributed by atoms with Crippen LogP contribution in [0.25, 0.3) is 13.2 Å². The average molecular weight is 216 g/mol. The van der Waals surface area contributed by atoms with Gasteiger partial charge in [0.05, 0.1) is 5.69 Å². The molecule has 0 aromatic heterocycles. The lowest BCUT2D eigenvalue weighted by Gasteiger charge is -2.06. The third kappa shape index (κ3) is 3.61. The van der Waals surface area contributed by atoms with E-state index in [9.17, 15) is 4.79 Å². The summed E-state index contributed by atoms with van der Waals surface area (Å²) < 4.78 is 0. The van der Waals surface area contributed by atoms with E-state index in [0.717, 1.165) is 21.7 Å². The molecule has 0 unspecified atom stereocenters. The van der Waals surface area contributed by atoms with Crippen LogP contribution in [0.4, 0.5) is 5.69 Å². The molecule has 3 heteroatoms. The maximum atomic E-state index is 11.3. The first-order valence-corrected chi connectivity index (χ1v) is 4.98. The molecule has 0 fully saturated rings. The minimum atomic E-state index is -0.177. The van der Waals surface area contributed by atoms with Gasteiger partial charge in [0.2, 0.25) is 0 Å². The van der Waals surface area contributed by atoms with Gasteiger partial charge in [0.1, 0.15) is 0 Å². The number of hydrogen-bond donors (Lipinski definition) is 2. The molecule has 2 N–H and O–H groups in total. The summed E-state index contributed by atoms with van der Waals surface area (Å²) in [4.78, 5) is 11.3. The van der Waals surface area contributed by atoms with Gasteiger partial charge in [0.25, 0.3) is 5.91 Å². The quantitative estimate of drug-likeness (QED) is 0.582. The van der Waals surface area contributed by atoms with E-state index >= 15 is 0 Å². The van der Waals surface area contributed by atoms with E-state index in [1.807, 2.05) is 32.0 Å². The predicted molar refractivity (Wildman–Crippen MR) is 67.9 cm³/mol. The third-order valence-electron chi connectivity index (χ3n) is 1.96. The lowest BCUT2D eigenvalue weighted by atomic mass is 10.2. The fourth-order valence-electron chi connectivity index (χ4n) is 1.14. The van der Waals surface area contributed by atoms with Crippen LogP contribution in [0.2, 0.25) is 0 Å². The highest BCUT2D eigenvalue weighted by atomic mass is 16.2. The zero-order chi connectivity index (χ0) is 12.1. The first-order chi connectivity index (χ1) is 7.49. The van der Waals surface area contributed by atoms with Crippen LogP contribution in [0.3, 0.4) is 0 Å². The Kier molecular flexibility index (Phi) is 3.89.